The van der Waals surface area contributed by atoms with E-state index in [9.17, 15) is 39.3 Å². The summed E-state index contributed by atoms with van der Waals surface area (Å²) in [7, 11) is 0. The molecular formula is C45H65N3O11S. The first-order chi connectivity index (χ1) is 28.3. The molecule has 15 heteroatoms. The zero-order valence-corrected chi connectivity index (χ0v) is 36.6. The van der Waals surface area contributed by atoms with E-state index < -0.39 is 69.5 Å². The molecule has 6 fully saturated rings. The zero-order valence-electron chi connectivity index (χ0n) is 35.8. The zero-order chi connectivity index (χ0) is 43.0. The molecule has 14 atom stereocenters. The van der Waals surface area contributed by atoms with E-state index in [1.165, 1.54) is 13.0 Å². The summed E-state index contributed by atoms with van der Waals surface area (Å²) in [5, 5.41) is 46.9. The van der Waals surface area contributed by atoms with Crippen LogP contribution in [-0.2, 0) is 28.6 Å². The SMILES string of the molecule is CC1=C(C)C(=O)OC([C@](C)(O)[C@]2(O)CC[C@@]3(O)C4C[C@H]5O[C@]56[C@@H](OC(=O)NCCCCCCC(=O)CCCCC5SCC7NC(=O)NC75)C=CC(=O)[C@]6(C)C4CC[C@]23C)C1. The molecule has 0 aromatic rings. The Morgan fingerprint density at radius 1 is 1.00 bits per heavy atom. The fourth-order valence-electron chi connectivity index (χ4n) is 13.1. The lowest BCUT2D eigenvalue weighted by Crippen LogP contribution is -2.73. The average molecular weight is 856 g/mol. The maximum absolute atomic E-state index is 14.0. The minimum atomic E-state index is -1.88. The minimum absolute atomic E-state index is 0.0739. The van der Waals surface area contributed by atoms with Crippen LogP contribution in [0.1, 0.15) is 131 Å². The van der Waals surface area contributed by atoms with E-state index in [0.29, 0.717) is 49.5 Å². The molecular weight excluding hydrogens is 791 g/mol. The number of aliphatic hydroxyl groups is 3. The second-order valence-corrected chi connectivity index (χ2v) is 21.2. The molecule has 0 radical (unpaired) electrons. The molecule has 4 aliphatic carbocycles. The number of Topliss-reactive ketones (excluding diaryl/α,β-unsaturated/α-hetero) is 1. The number of amides is 3. The summed E-state index contributed by atoms with van der Waals surface area (Å²) >= 11 is 1.90. The van der Waals surface area contributed by atoms with Crippen LogP contribution in [0.2, 0.25) is 0 Å². The first-order valence-electron chi connectivity index (χ1n) is 22.4. The van der Waals surface area contributed by atoms with E-state index in [0.717, 1.165) is 56.3 Å². The largest absolute Gasteiger partial charge is 0.455 e. The number of esters is 1. The van der Waals surface area contributed by atoms with E-state index in [2.05, 4.69) is 16.0 Å². The Kier molecular flexibility index (Phi) is 11.4. The Morgan fingerprint density at radius 3 is 2.48 bits per heavy atom. The molecule has 6 N–H and O–H groups in total. The highest BCUT2D eigenvalue weighted by Crippen LogP contribution is 2.75. The first-order valence-corrected chi connectivity index (χ1v) is 23.5. The van der Waals surface area contributed by atoms with Gasteiger partial charge in [-0.25, -0.2) is 14.4 Å². The number of fused-ring (bicyclic) bond motifs is 5. The molecule has 0 aromatic carbocycles. The lowest BCUT2D eigenvalue weighted by Gasteiger charge is -2.63. The fourth-order valence-corrected chi connectivity index (χ4v) is 14.7. The molecule has 8 rings (SSSR count). The highest BCUT2D eigenvalue weighted by Gasteiger charge is 2.85. The number of ketones is 2. The van der Waals surface area contributed by atoms with E-state index in [1.807, 2.05) is 32.5 Å². The number of rotatable bonds is 15. The predicted octanol–water partition coefficient (Wildman–Crippen LogP) is 4.70. The lowest BCUT2D eigenvalue weighted by molar-refractivity contribution is -0.283. The van der Waals surface area contributed by atoms with Gasteiger partial charge in [0, 0.05) is 47.8 Å². The molecule has 1 spiro atoms. The summed E-state index contributed by atoms with van der Waals surface area (Å²) in [6.07, 6.45) is 9.21. The van der Waals surface area contributed by atoms with E-state index in [1.54, 1.807) is 13.0 Å². The third-order valence-electron chi connectivity index (χ3n) is 17.1. The summed E-state index contributed by atoms with van der Waals surface area (Å²) in [6, 6.07) is 0.348. The van der Waals surface area contributed by atoms with Gasteiger partial charge in [-0.15, -0.1) is 0 Å². The quantitative estimate of drug-likeness (QED) is 0.0573. The number of ether oxygens (including phenoxy) is 3. The Hall–Kier alpha value is -2.98. The summed E-state index contributed by atoms with van der Waals surface area (Å²) < 4.78 is 18.2. The number of alkyl carbamates (subject to hydrolysis) is 1. The van der Waals surface area contributed by atoms with Gasteiger partial charge >= 0.3 is 18.1 Å². The van der Waals surface area contributed by atoms with Crippen LogP contribution < -0.4 is 16.0 Å². The molecule has 6 unspecified atom stereocenters. The van der Waals surface area contributed by atoms with Crippen LogP contribution in [0.25, 0.3) is 0 Å². The minimum Gasteiger partial charge on any atom is -0.455 e. The van der Waals surface area contributed by atoms with Gasteiger partial charge in [0.1, 0.15) is 28.7 Å². The summed E-state index contributed by atoms with van der Waals surface area (Å²) in [4.78, 5) is 64.0. The topological polar surface area (TPSA) is 213 Å². The van der Waals surface area contributed by atoms with Gasteiger partial charge in [0.05, 0.1) is 29.2 Å². The summed E-state index contributed by atoms with van der Waals surface area (Å²) in [5.41, 5.74) is -7.24. The van der Waals surface area contributed by atoms with Crippen molar-refractivity contribution in [1.82, 2.24) is 16.0 Å². The predicted molar refractivity (Wildman–Crippen MR) is 222 cm³/mol. The van der Waals surface area contributed by atoms with Crippen LogP contribution in [0.5, 0.6) is 0 Å². The normalized spacial score (nSPS) is 43.4. The van der Waals surface area contributed by atoms with E-state index >= 15 is 0 Å². The number of carbonyl (C=O) groups is 5. The number of unbranched alkanes of at least 4 members (excludes halogenated alkanes) is 4. The summed E-state index contributed by atoms with van der Waals surface area (Å²) in [6.45, 7) is 9.12. The number of allylic oxidation sites excluding steroid dienone is 1. The number of epoxide rings is 1. The van der Waals surface area contributed by atoms with Gasteiger partial charge in [-0.2, -0.15) is 11.8 Å². The molecule has 14 nitrogen and oxygen atoms in total. The van der Waals surface area contributed by atoms with Crippen LogP contribution >= 0.6 is 11.8 Å². The molecule has 0 bridgehead atoms. The monoisotopic (exact) mass is 855 g/mol. The molecule has 0 aromatic heterocycles. The molecule has 4 heterocycles. The molecule has 332 valence electrons. The molecule has 3 saturated carbocycles. The number of hydrogen-bond acceptors (Lipinski definition) is 12. The first kappa shape index (κ1) is 43.7. The van der Waals surface area contributed by atoms with Gasteiger partial charge in [0.2, 0.25) is 0 Å². The Morgan fingerprint density at radius 2 is 1.73 bits per heavy atom. The van der Waals surface area contributed by atoms with Crippen LogP contribution in [0.4, 0.5) is 9.59 Å². The van der Waals surface area contributed by atoms with Gasteiger partial charge in [0.15, 0.2) is 11.9 Å². The van der Waals surface area contributed by atoms with Gasteiger partial charge in [-0.1, -0.05) is 31.8 Å². The average Bonchev–Trinajstić information content (AvgIpc) is 3.55. The Labute approximate surface area is 357 Å². The second-order valence-electron chi connectivity index (χ2n) is 19.9. The van der Waals surface area contributed by atoms with Crippen molar-refractivity contribution in [2.24, 2.45) is 22.7 Å². The maximum Gasteiger partial charge on any atom is 0.407 e. The van der Waals surface area contributed by atoms with Crippen molar-refractivity contribution in [2.75, 3.05) is 12.3 Å². The van der Waals surface area contributed by atoms with Crippen LogP contribution in [0, 0.1) is 22.7 Å². The third-order valence-corrected chi connectivity index (χ3v) is 18.6. The maximum atomic E-state index is 14.0. The second kappa shape index (κ2) is 15.7. The lowest BCUT2D eigenvalue weighted by atomic mass is 9.42. The number of urea groups is 1. The molecule has 3 saturated heterocycles. The molecule has 60 heavy (non-hydrogen) atoms. The Bertz CT molecular complexity index is 1850. The highest BCUT2D eigenvalue weighted by atomic mass is 32.2. The van der Waals surface area contributed by atoms with Crippen molar-refractivity contribution < 1.29 is 53.5 Å². The van der Waals surface area contributed by atoms with E-state index in [-0.39, 0.29) is 54.9 Å². The van der Waals surface area contributed by atoms with Crippen molar-refractivity contribution in [1.29, 1.82) is 0 Å². The van der Waals surface area contributed by atoms with Gasteiger partial charge in [-0.05, 0) is 109 Å². The number of cyclic esters (lactones) is 1. The van der Waals surface area contributed by atoms with Crippen LogP contribution in [0.3, 0.4) is 0 Å². The number of thioether (sulfide) groups is 1. The highest BCUT2D eigenvalue weighted by molar-refractivity contribution is 8.00. The Balaban J connectivity index is 0.804. The summed E-state index contributed by atoms with van der Waals surface area (Å²) in [5.74, 6) is -0.239. The third kappa shape index (κ3) is 6.60. The molecule has 8 aliphatic rings. The van der Waals surface area contributed by atoms with Gasteiger partial charge in [0.25, 0.3) is 0 Å². The molecule has 3 amide bonds. The standard InChI is InChI=1S/C45H65N3O11S/c1-25-22-34(57-37(51)26(25)2)42(5,54)44(56)20-19-43(55)29-23-35-45(59-35)33(16-15-32(50)41(45,4)28(29)17-18-40(43,44)3)58-39(53)46-21-11-7-6-8-12-27(49)13-9-10-14-31-36-30(24-60-31)47-38(52)48-36/h15-16,28-31,33-36,54-56H,6-14,17-24H2,1-5H3,(H,46,53)(H2,47,48,52)/t28?,29?,30?,31?,33-,34?,35+,36?,40-,41-,42-,43+,44-,45+/m0/s1. The van der Waals surface area contributed by atoms with Crippen LogP contribution in [-0.4, -0.2) is 115 Å². The molecule has 4 aliphatic heterocycles. The smallest absolute Gasteiger partial charge is 0.407 e. The van der Waals surface area contributed by atoms with Crippen molar-refractivity contribution >= 4 is 41.4 Å². The number of hydrogen-bond donors (Lipinski definition) is 6. The van der Waals surface area contributed by atoms with Crippen molar-refractivity contribution in [2.45, 2.75) is 189 Å². The van der Waals surface area contributed by atoms with Gasteiger partial charge in [-0.3, -0.25) is 9.59 Å². The van der Waals surface area contributed by atoms with Crippen molar-refractivity contribution in [3.05, 3.63) is 23.3 Å². The number of carbonyl (C=O) groups excluding carboxylic acids is 5. The van der Waals surface area contributed by atoms with Crippen molar-refractivity contribution in [3.63, 3.8) is 0 Å². The van der Waals surface area contributed by atoms with Gasteiger partial charge < -0.3 is 45.5 Å². The van der Waals surface area contributed by atoms with Crippen molar-refractivity contribution in [3.8, 4) is 0 Å². The van der Waals surface area contributed by atoms with E-state index in [4.69, 9.17) is 14.2 Å². The fraction of sp³-hybridized carbons (Fsp3) is 0.800. The number of nitrogens with one attached hydrogen (secondary N) is 3. The van der Waals surface area contributed by atoms with Crippen LogP contribution in [0.15, 0.2) is 23.3 Å².